The first kappa shape index (κ1) is 24.3. The van der Waals surface area contributed by atoms with Crippen LogP contribution in [-0.4, -0.2) is 13.0 Å². The van der Waals surface area contributed by atoms with E-state index < -0.39 is 6.36 Å². The minimum absolute atomic E-state index is 0.212. The number of rotatable bonds is 10. The van der Waals surface area contributed by atoms with Gasteiger partial charge in [0.2, 0.25) is 0 Å². The Bertz CT molecular complexity index is 613. The van der Waals surface area contributed by atoms with E-state index in [2.05, 4.69) is 11.7 Å². The van der Waals surface area contributed by atoms with Gasteiger partial charge < -0.3 is 9.47 Å². The summed E-state index contributed by atoms with van der Waals surface area (Å²) in [5, 5.41) is 0. The van der Waals surface area contributed by atoms with Crippen LogP contribution in [0.5, 0.6) is 11.5 Å². The molecule has 0 radical (unpaired) electrons. The molecule has 31 heavy (non-hydrogen) atoms. The smallest absolute Gasteiger partial charge is 0.493 e. The molecule has 2 aliphatic rings. The fourth-order valence-corrected chi connectivity index (χ4v) is 5.59. The maximum absolute atomic E-state index is 12.2. The molecule has 1 aromatic rings. The molecule has 0 unspecified atom stereocenters. The zero-order chi connectivity index (χ0) is 22.1. The predicted molar refractivity (Wildman–Crippen MR) is 118 cm³/mol. The molecule has 5 heteroatoms. The van der Waals surface area contributed by atoms with E-state index in [1.54, 1.807) is 12.1 Å². The zero-order valence-electron chi connectivity index (χ0n) is 19.0. The van der Waals surface area contributed by atoms with Crippen LogP contribution >= 0.6 is 0 Å². The summed E-state index contributed by atoms with van der Waals surface area (Å²) in [4.78, 5) is 0. The van der Waals surface area contributed by atoms with E-state index >= 15 is 0 Å². The summed E-state index contributed by atoms with van der Waals surface area (Å²) in [7, 11) is 0. The Morgan fingerprint density at radius 2 is 1.29 bits per heavy atom. The van der Waals surface area contributed by atoms with Crippen LogP contribution in [0.25, 0.3) is 0 Å². The van der Waals surface area contributed by atoms with E-state index in [4.69, 9.17) is 4.74 Å². The third-order valence-electron chi connectivity index (χ3n) is 7.46. The predicted octanol–water partition coefficient (Wildman–Crippen LogP) is 8.55. The average Bonchev–Trinajstić information content (AvgIpc) is 2.76. The van der Waals surface area contributed by atoms with Crippen LogP contribution in [0.4, 0.5) is 13.2 Å². The van der Waals surface area contributed by atoms with Gasteiger partial charge in [0.25, 0.3) is 0 Å². The summed E-state index contributed by atoms with van der Waals surface area (Å²) in [6, 6.07) is 5.71. The third-order valence-corrected chi connectivity index (χ3v) is 7.46. The van der Waals surface area contributed by atoms with Gasteiger partial charge in [-0.25, -0.2) is 0 Å². The molecule has 0 spiro atoms. The number of ether oxygens (including phenoxy) is 2. The van der Waals surface area contributed by atoms with Gasteiger partial charge in [-0.15, -0.1) is 13.2 Å². The van der Waals surface area contributed by atoms with Gasteiger partial charge in [0.15, 0.2) is 0 Å². The Balaban J connectivity index is 1.30. The van der Waals surface area contributed by atoms with Crippen molar-refractivity contribution in [3.63, 3.8) is 0 Å². The van der Waals surface area contributed by atoms with Crippen LogP contribution in [0.3, 0.4) is 0 Å². The van der Waals surface area contributed by atoms with Gasteiger partial charge >= 0.3 is 6.36 Å². The molecule has 0 bridgehead atoms. The molecule has 3 rings (SSSR count). The number of unbranched alkanes of at least 4 members (excludes halogenated alkanes) is 3. The highest BCUT2D eigenvalue weighted by atomic mass is 19.4. The fraction of sp³-hybridized carbons (Fsp3) is 0.769. The van der Waals surface area contributed by atoms with Crippen molar-refractivity contribution in [3.8, 4) is 11.5 Å². The SMILES string of the molecule is CCCCCC[C@H]1CC[C@H](C2CCC(COc3ccc(OC(F)(F)F)cc3)CC2)CC1. The molecule has 2 aliphatic carbocycles. The van der Waals surface area contributed by atoms with E-state index in [0.29, 0.717) is 18.3 Å². The third kappa shape index (κ3) is 8.57. The molecule has 2 nitrogen and oxygen atoms in total. The number of alkyl halides is 3. The minimum Gasteiger partial charge on any atom is -0.493 e. The van der Waals surface area contributed by atoms with Gasteiger partial charge in [-0.05, 0) is 86.5 Å². The summed E-state index contributed by atoms with van der Waals surface area (Å²) in [5.74, 6) is 3.74. The van der Waals surface area contributed by atoms with Crippen molar-refractivity contribution in [2.75, 3.05) is 6.61 Å². The van der Waals surface area contributed by atoms with E-state index in [-0.39, 0.29) is 5.75 Å². The van der Waals surface area contributed by atoms with Gasteiger partial charge in [-0.2, -0.15) is 0 Å². The molecule has 2 saturated carbocycles. The molecular formula is C26H39F3O2. The Morgan fingerprint density at radius 3 is 1.84 bits per heavy atom. The Kier molecular flexibility index (Phi) is 9.40. The van der Waals surface area contributed by atoms with Crippen LogP contribution in [0.2, 0.25) is 0 Å². The molecule has 0 aliphatic heterocycles. The second-order valence-corrected chi connectivity index (χ2v) is 9.74. The number of hydrogen-bond acceptors (Lipinski definition) is 2. The van der Waals surface area contributed by atoms with Gasteiger partial charge in [-0.1, -0.05) is 51.9 Å². The summed E-state index contributed by atoms with van der Waals surface area (Å²) < 4.78 is 46.5. The summed E-state index contributed by atoms with van der Waals surface area (Å²) in [5.41, 5.74) is 0. The van der Waals surface area contributed by atoms with Gasteiger partial charge in [0.1, 0.15) is 11.5 Å². The second kappa shape index (κ2) is 12.0. The van der Waals surface area contributed by atoms with Crippen molar-refractivity contribution in [2.24, 2.45) is 23.7 Å². The summed E-state index contributed by atoms with van der Waals surface area (Å²) >= 11 is 0. The van der Waals surface area contributed by atoms with E-state index in [1.165, 1.54) is 95.6 Å². The topological polar surface area (TPSA) is 18.5 Å². The first-order valence-electron chi connectivity index (χ1n) is 12.4. The van der Waals surface area contributed by atoms with Crippen LogP contribution in [-0.2, 0) is 0 Å². The molecule has 1 aromatic carbocycles. The molecule has 0 atom stereocenters. The monoisotopic (exact) mass is 440 g/mol. The maximum atomic E-state index is 12.2. The lowest BCUT2D eigenvalue weighted by Crippen LogP contribution is -2.27. The first-order chi connectivity index (χ1) is 14.9. The van der Waals surface area contributed by atoms with Gasteiger partial charge in [-0.3, -0.25) is 0 Å². The van der Waals surface area contributed by atoms with E-state index in [0.717, 1.165) is 17.8 Å². The van der Waals surface area contributed by atoms with Crippen molar-refractivity contribution in [2.45, 2.75) is 96.8 Å². The molecule has 2 fully saturated rings. The Morgan fingerprint density at radius 1 is 0.742 bits per heavy atom. The quantitative estimate of drug-likeness (QED) is 0.339. The fourth-order valence-electron chi connectivity index (χ4n) is 5.59. The average molecular weight is 441 g/mol. The maximum Gasteiger partial charge on any atom is 0.573 e. The van der Waals surface area contributed by atoms with Crippen LogP contribution in [0, 0.1) is 23.7 Å². The minimum atomic E-state index is -4.66. The van der Waals surface area contributed by atoms with Gasteiger partial charge in [0.05, 0.1) is 6.61 Å². The lowest BCUT2D eigenvalue weighted by molar-refractivity contribution is -0.274. The largest absolute Gasteiger partial charge is 0.573 e. The van der Waals surface area contributed by atoms with Crippen molar-refractivity contribution >= 4 is 0 Å². The Labute approximate surface area is 185 Å². The van der Waals surface area contributed by atoms with E-state index in [1.807, 2.05) is 0 Å². The van der Waals surface area contributed by atoms with Gasteiger partial charge in [0, 0.05) is 0 Å². The highest BCUT2D eigenvalue weighted by Crippen LogP contribution is 2.42. The standard InChI is InChI=1S/C26H39F3O2/c1-2-3-4-5-6-20-7-11-22(12-8-20)23-13-9-21(10-14-23)19-30-24-15-17-25(18-16-24)31-26(27,28)29/h15-18,20-23H,2-14,19H2,1H3/t20-,21?,22-,23?. The van der Waals surface area contributed by atoms with Crippen LogP contribution < -0.4 is 9.47 Å². The molecule has 176 valence electrons. The second-order valence-electron chi connectivity index (χ2n) is 9.74. The zero-order valence-corrected chi connectivity index (χ0v) is 19.0. The number of halogens is 3. The highest BCUT2D eigenvalue weighted by Gasteiger charge is 2.32. The molecule has 0 heterocycles. The molecule has 0 N–H and O–H groups in total. The van der Waals surface area contributed by atoms with Crippen molar-refractivity contribution in [1.82, 2.24) is 0 Å². The van der Waals surface area contributed by atoms with Crippen LogP contribution in [0.15, 0.2) is 24.3 Å². The van der Waals surface area contributed by atoms with Crippen molar-refractivity contribution in [1.29, 1.82) is 0 Å². The number of hydrogen-bond donors (Lipinski definition) is 0. The molecule has 0 amide bonds. The molecular weight excluding hydrogens is 401 g/mol. The summed E-state index contributed by atoms with van der Waals surface area (Å²) in [6.45, 7) is 2.93. The van der Waals surface area contributed by atoms with Crippen molar-refractivity contribution in [3.05, 3.63) is 24.3 Å². The molecule has 0 saturated heterocycles. The lowest BCUT2D eigenvalue weighted by atomic mass is 9.69. The lowest BCUT2D eigenvalue weighted by Gasteiger charge is -2.38. The Hall–Kier alpha value is -1.39. The summed E-state index contributed by atoms with van der Waals surface area (Å²) in [6.07, 6.45) is 13.1. The first-order valence-corrected chi connectivity index (χ1v) is 12.4. The van der Waals surface area contributed by atoms with Crippen molar-refractivity contribution < 1.29 is 22.6 Å². The van der Waals surface area contributed by atoms with E-state index in [9.17, 15) is 13.2 Å². The normalized spacial score (nSPS) is 27.1. The number of benzene rings is 1. The highest BCUT2D eigenvalue weighted by molar-refractivity contribution is 5.31. The van der Waals surface area contributed by atoms with Crippen LogP contribution in [0.1, 0.15) is 90.4 Å². The molecule has 0 aromatic heterocycles.